The normalized spacial score (nSPS) is 24.1. The third-order valence-electron chi connectivity index (χ3n) is 3.24. The van der Waals surface area contributed by atoms with Crippen molar-refractivity contribution in [2.24, 2.45) is 0 Å². The van der Waals surface area contributed by atoms with E-state index in [-0.39, 0.29) is 31.0 Å². The number of hydrogen-bond donors (Lipinski definition) is 3. The van der Waals surface area contributed by atoms with Crippen molar-refractivity contribution in [3.05, 3.63) is 11.8 Å². The molecule has 20 heavy (non-hydrogen) atoms. The zero-order valence-corrected chi connectivity index (χ0v) is 12.0. The van der Waals surface area contributed by atoms with Gasteiger partial charge >= 0.3 is 0 Å². The molecule has 0 aromatic carbocycles. The number of nitrogens with zero attached hydrogens (tertiary/aromatic N) is 2. The van der Waals surface area contributed by atoms with Gasteiger partial charge in [-0.1, -0.05) is 25.9 Å². The first-order valence-electron chi connectivity index (χ1n) is 6.61. The van der Waals surface area contributed by atoms with Gasteiger partial charge in [0, 0.05) is 24.6 Å². The van der Waals surface area contributed by atoms with Crippen LogP contribution in [0.1, 0.15) is 26.5 Å². The maximum absolute atomic E-state index is 11.8. The molecule has 1 aromatic rings. The van der Waals surface area contributed by atoms with Gasteiger partial charge in [0.25, 0.3) is 0 Å². The molecule has 0 unspecified atom stereocenters. The van der Waals surface area contributed by atoms with E-state index in [0.29, 0.717) is 5.88 Å². The van der Waals surface area contributed by atoms with Crippen molar-refractivity contribution in [2.45, 2.75) is 38.4 Å². The number of carbonyl (C=O) groups is 1. The lowest BCUT2D eigenvalue weighted by atomic mass is 9.92. The maximum Gasteiger partial charge on any atom is 0.240 e. The molecule has 0 radical (unpaired) electrons. The Morgan fingerprint density at radius 2 is 2.05 bits per heavy atom. The van der Waals surface area contributed by atoms with Gasteiger partial charge in [0.2, 0.25) is 11.8 Å². The number of likely N-dealkylation sites (tertiary alicyclic amines) is 1. The van der Waals surface area contributed by atoms with E-state index in [9.17, 15) is 15.0 Å². The summed E-state index contributed by atoms with van der Waals surface area (Å²) in [5, 5.41) is 25.4. The van der Waals surface area contributed by atoms with Crippen LogP contribution < -0.4 is 5.32 Å². The smallest absolute Gasteiger partial charge is 0.240 e. The monoisotopic (exact) mass is 283 g/mol. The molecule has 1 amide bonds. The summed E-state index contributed by atoms with van der Waals surface area (Å²) in [4.78, 5) is 13.5. The third-order valence-corrected chi connectivity index (χ3v) is 3.24. The molecule has 7 nitrogen and oxygen atoms in total. The van der Waals surface area contributed by atoms with Gasteiger partial charge in [-0.05, 0) is 0 Å². The van der Waals surface area contributed by atoms with Gasteiger partial charge in [-0.2, -0.15) is 0 Å². The van der Waals surface area contributed by atoms with E-state index in [0.717, 1.165) is 5.69 Å². The predicted octanol–water partition coefficient (Wildman–Crippen LogP) is -0.0520. The van der Waals surface area contributed by atoms with Crippen LogP contribution in [0.15, 0.2) is 10.6 Å². The van der Waals surface area contributed by atoms with Crippen LogP contribution >= 0.6 is 0 Å². The Balaban J connectivity index is 1.87. The average Bonchev–Trinajstić information content (AvgIpc) is 2.86. The summed E-state index contributed by atoms with van der Waals surface area (Å²) < 4.78 is 5.07. The number of aromatic nitrogens is 1. The topological polar surface area (TPSA) is 98.8 Å². The summed E-state index contributed by atoms with van der Waals surface area (Å²) in [5.74, 6) is 0.0446. The fourth-order valence-electron chi connectivity index (χ4n) is 2.04. The summed E-state index contributed by atoms with van der Waals surface area (Å²) in [6.07, 6.45) is -1.58. The number of anilines is 1. The van der Waals surface area contributed by atoms with E-state index in [1.807, 2.05) is 20.8 Å². The summed E-state index contributed by atoms with van der Waals surface area (Å²) in [5.41, 5.74) is 0.621. The molecule has 1 fully saturated rings. The quantitative estimate of drug-likeness (QED) is 0.719. The van der Waals surface area contributed by atoms with Gasteiger partial charge in [0.15, 0.2) is 0 Å². The largest absolute Gasteiger partial charge is 0.389 e. The summed E-state index contributed by atoms with van der Waals surface area (Å²) in [6.45, 7) is 6.69. The number of β-amino-alcohol motifs (C(OH)–C–C–N with tert-alkyl or cyclic N) is 2. The minimum absolute atomic E-state index is 0.0969. The molecule has 0 bridgehead atoms. The van der Waals surface area contributed by atoms with Crippen molar-refractivity contribution in [1.29, 1.82) is 0 Å². The van der Waals surface area contributed by atoms with Crippen LogP contribution in [0.2, 0.25) is 0 Å². The summed E-state index contributed by atoms with van der Waals surface area (Å²) in [6, 6.07) is 1.70. The lowest BCUT2D eigenvalue weighted by molar-refractivity contribution is -0.117. The summed E-state index contributed by atoms with van der Waals surface area (Å²) in [7, 11) is 0. The zero-order valence-electron chi connectivity index (χ0n) is 12.0. The van der Waals surface area contributed by atoms with E-state index in [1.165, 1.54) is 0 Å². The van der Waals surface area contributed by atoms with E-state index in [1.54, 1.807) is 11.0 Å². The van der Waals surface area contributed by atoms with Gasteiger partial charge in [0.1, 0.15) is 0 Å². The van der Waals surface area contributed by atoms with Crippen molar-refractivity contribution in [3.63, 3.8) is 0 Å². The Morgan fingerprint density at radius 1 is 1.45 bits per heavy atom. The Kier molecular flexibility index (Phi) is 4.12. The van der Waals surface area contributed by atoms with E-state index in [4.69, 9.17) is 4.52 Å². The number of carbonyl (C=O) groups excluding carboxylic acids is 1. The number of rotatable bonds is 3. The van der Waals surface area contributed by atoms with Crippen LogP contribution in [-0.4, -0.2) is 58.0 Å². The number of amides is 1. The molecule has 0 aliphatic carbocycles. The highest BCUT2D eigenvalue weighted by Gasteiger charge is 2.30. The lowest BCUT2D eigenvalue weighted by Crippen LogP contribution is -2.32. The Hall–Kier alpha value is -1.44. The first-order chi connectivity index (χ1) is 9.25. The first kappa shape index (κ1) is 15.0. The second-order valence-corrected chi connectivity index (χ2v) is 6.20. The second-order valence-electron chi connectivity index (χ2n) is 6.20. The van der Waals surface area contributed by atoms with Crippen LogP contribution in [0, 0.1) is 0 Å². The lowest BCUT2D eigenvalue weighted by Gasteiger charge is -2.13. The molecule has 1 aliphatic heterocycles. The second kappa shape index (κ2) is 5.51. The molecule has 7 heteroatoms. The summed E-state index contributed by atoms with van der Waals surface area (Å²) >= 11 is 0. The SMILES string of the molecule is CC(C)(C)c1cc(NC(=O)CN2C[C@@H](O)[C@@H](O)C2)on1. The molecule has 112 valence electrons. The Bertz CT molecular complexity index is 470. The van der Waals surface area contributed by atoms with Gasteiger partial charge in [-0.25, -0.2) is 0 Å². The molecular weight excluding hydrogens is 262 g/mol. The maximum atomic E-state index is 11.8. The molecular formula is C13H21N3O4. The molecule has 0 spiro atoms. The number of hydrogen-bond acceptors (Lipinski definition) is 6. The minimum Gasteiger partial charge on any atom is -0.389 e. The van der Waals surface area contributed by atoms with Gasteiger partial charge in [0.05, 0.1) is 24.4 Å². The standard InChI is InChI=1S/C13H21N3O4/c1-13(2,3)10-4-12(20-15-10)14-11(19)7-16-5-8(17)9(18)6-16/h4,8-9,17-18H,5-7H2,1-3H3,(H,14,19)/t8-,9+. The van der Waals surface area contributed by atoms with Crippen molar-refractivity contribution in [2.75, 3.05) is 25.0 Å². The number of aliphatic hydroxyl groups is 2. The molecule has 2 atom stereocenters. The van der Waals surface area contributed by atoms with Crippen LogP contribution in [0.3, 0.4) is 0 Å². The first-order valence-corrected chi connectivity index (χ1v) is 6.61. The van der Waals surface area contributed by atoms with E-state index in [2.05, 4.69) is 10.5 Å². The zero-order chi connectivity index (χ0) is 14.9. The predicted molar refractivity (Wildman–Crippen MR) is 72.3 cm³/mol. The van der Waals surface area contributed by atoms with E-state index >= 15 is 0 Å². The van der Waals surface area contributed by atoms with E-state index < -0.39 is 12.2 Å². The molecule has 0 saturated carbocycles. The van der Waals surface area contributed by atoms with Gasteiger partial charge in [-0.3, -0.25) is 15.0 Å². The molecule has 1 aliphatic rings. The molecule has 3 N–H and O–H groups in total. The fourth-order valence-corrected chi connectivity index (χ4v) is 2.04. The molecule has 1 aromatic heterocycles. The highest BCUT2D eigenvalue weighted by Crippen LogP contribution is 2.23. The van der Waals surface area contributed by atoms with Crippen molar-refractivity contribution >= 4 is 11.8 Å². The minimum atomic E-state index is -0.791. The fraction of sp³-hybridized carbons (Fsp3) is 0.692. The van der Waals surface area contributed by atoms with Crippen LogP contribution in [-0.2, 0) is 10.2 Å². The van der Waals surface area contributed by atoms with Crippen LogP contribution in [0.5, 0.6) is 0 Å². The Morgan fingerprint density at radius 3 is 2.55 bits per heavy atom. The third kappa shape index (κ3) is 3.56. The Labute approximate surface area is 117 Å². The average molecular weight is 283 g/mol. The number of aliphatic hydroxyl groups excluding tert-OH is 2. The van der Waals surface area contributed by atoms with Crippen LogP contribution in [0.25, 0.3) is 0 Å². The highest BCUT2D eigenvalue weighted by molar-refractivity contribution is 5.91. The van der Waals surface area contributed by atoms with Crippen molar-refractivity contribution in [1.82, 2.24) is 10.1 Å². The van der Waals surface area contributed by atoms with Gasteiger partial charge < -0.3 is 14.7 Å². The number of nitrogens with one attached hydrogen (secondary N) is 1. The van der Waals surface area contributed by atoms with Crippen molar-refractivity contribution < 1.29 is 19.5 Å². The van der Waals surface area contributed by atoms with Crippen molar-refractivity contribution in [3.8, 4) is 0 Å². The molecule has 2 rings (SSSR count). The van der Waals surface area contributed by atoms with Crippen LogP contribution in [0.4, 0.5) is 5.88 Å². The highest BCUT2D eigenvalue weighted by atomic mass is 16.5. The van der Waals surface area contributed by atoms with Gasteiger partial charge in [-0.15, -0.1) is 0 Å². The molecule has 1 saturated heterocycles. The molecule has 2 heterocycles.